The maximum Gasteiger partial charge on any atom is 0.407 e. The van der Waals surface area contributed by atoms with Crippen molar-refractivity contribution in [3.05, 3.63) is 283 Å². The Kier molecular flexibility index (Phi) is 36.0. The molecule has 4 saturated carbocycles. The van der Waals surface area contributed by atoms with Crippen LogP contribution >= 0.6 is 0 Å². The number of amides is 2. The minimum absolute atomic E-state index is 0.0240. The molecule has 0 heterocycles. The summed E-state index contributed by atoms with van der Waals surface area (Å²) in [6.07, 6.45) is -7.93. The molecule has 4 aliphatic rings. The molecule has 12 rings (SSSR count). The number of nitrogens with one attached hydrogen (secondary N) is 6. The van der Waals surface area contributed by atoms with Crippen LogP contribution in [0.1, 0.15) is 227 Å². The van der Waals surface area contributed by atoms with Gasteiger partial charge in [-0.15, -0.1) is 0 Å². The van der Waals surface area contributed by atoms with Gasteiger partial charge in [0.25, 0.3) is 0 Å². The number of hydrogen-bond donors (Lipinski definition) is 12. The van der Waals surface area contributed by atoms with E-state index in [0.29, 0.717) is 22.3 Å². The number of aliphatic hydroxyl groups excluding tert-OH is 4. The van der Waals surface area contributed by atoms with Gasteiger partial charge in [0, 0.05) is 84.7 Å². The largest absolute Gasteiger partial charge is 0.444 e. The molecule has 0 bridgehead atoms. The van der Waals surface area contributed by atoms with Crippen molar-refractivity contribution in [2.45, 2.75) is 303 Å². The van der Waals surface area contributed by atoms with Gasteiger partial charge < -0.3 is 73.3 Å². The van der Waals surface area contributed by atoms with Crippen molar-refractivity contribution in [3.63, 3.8) is 0 Å². The van der Waals surface area contributed by atoms with E-state index in [1.165, 1.54) is 79.7 Å². The molecule has 32 heteroatoms. The second-order valence-corrected chi connectivity index (χ2v) is 40.2. The molecule has 736 valence electrons. The third kappa shape index (κ3) is 31.4. The number of nitrogens with two attached hydrogens (primary N) is 2. The number of aliphatic hydroxyl groups is 4. The van der Waals surface area contributed by atoms with Gasteiger partial charge in [-0.1, -0.05) is 125 Å². The van der Waals surface area contributed by atoms with E-state index in [1.54, 1.807) is 114 Å². The average Bonchev–Trinajstić information content (AvgIpc) is 1.62. The second kappa shape index (κ2) is 44.5. The van der Waals surface area contributed by atoms with Gasteiger partial charge in [-0.2, -0.15) is 0 Å². The number of benzene rings is 8. The van der Waals surface area contributed by atoms with Gasteiger partial charge in [-0.25, -0.2) is 79.8 Å². The lowest BCUT2D eigenvalue weighted by molar-refractivity contribution is 0.0410. The van der Waals surface area contributed by atoms with Crippen LogP contribution in [0.15, 0.2) is 170 Å². The van der Waals surface area contributed by atoms with E-state index < -0.39 is 182 Å². The molecule has 0 saturated heterocycles. The van der Waals surface area contributed by atoms with Crippen LogP contribution in [0.4, 0.5) is 79.8 Å². The van der Waals surface area contributed by atoms with Crippen LogP contribution in [0.3, 0.4) is 0 Å². The summed E-state index contributed by atoms with van der Waals surface area (Å²) in [6.45, 7) is 21.4. The second-order valence-electron chi connectivity index (χ2n) is 40.2. The topological polar surface area (TPSA) is 258 Å². The summed E-state index contributed by atoms with van der Waals surface area (Å²) < 4.78 is 230. The first-order chi connectivity index (χ1) is 62.2. The van der Waals surface area contributed by atoms with Gasteiger partial charge in [0.2, 0.25) is 12.9 Å². The number of halogens is 16. The summed E-state index contributed by atoms with van der Waals surface area (Å²) in [5, 5.41) is 61.4. The van der Waals surface area contributed by atoms with Crippen molar-refractivity contribution in [3.8, 4) is 0 Å². The first kappa shape index (κ1) is 108. The highest BCUT2D eigenvalue weighted by Gasteiger charge is 2.50. The van der Waals surface area contributed by atoms with Crippen molar-refractivity contribution in [2.75, 3.05) is 26.2 Å². The van der Waals surface area contributed by atoms with Crippen LogP contribution in [0, 0.1) is 46.5 Å². The standard InChI is InChI=1S/2C28H36F4N2O3.2C23H28F4N2O/c1-26(2,3)37-25(36)34-22(13-17-11-20(29)15-21(30)12-17)23(35)16-33-28(9-10-28)19-8-6-7-18(14-19)27(4,5)24(31)32;1-26(2,3)37-25(36)34-22(13-17-11-20(29)15-21(30)12-17)23(35)16-33-28(9-10-28)19-8-6-7-18(14-19)24(31)27(4,5)32;1-22(2,21(26)27)15-4-3-5-16(11-15)23(6-7-23)29-13-20(30)19(28)10-14-8-17(24)12-18(25)9-14;1-22(2,27)21(26)15-4-3-5-16(11-15)23(6-7-23)29-13-20(30)19(28)10-14-8-17(24)12-18(25)9-14/h2*6-8,11-12,14-15,22-24,33,35H,9-10,13,16H2,1-5H3,(H,34,36);2*3-5,8-9,11-12,19-21,29-30H,6-7,10,13,28H2,1-2H3. The van der Waals surface area contributed by atoms with E-state index in [4.69, 9.17) is 20.9 Å². The van der Waals surface area contributed by atoms with Gasteiger partial charge in [0.05, 0.1) is 47.3 Å². The Morgan fingerprint density at radius 3 is 0.806 bits per heavy atom. The number of alkyl halides is 8. The molecule has 16 nitrogen and oxygen atoms in total. The molecule has 2 amide bonds. The maximum atomic E-state index is 14.6. The van der Waals surface area contributed by atoms with E-state index in [0.717, 1.165) is 122 Å². The quantitative estimate of drug-likeness (QED) is 0.0161. The Bertz CT molecular complexity index is 5140. The number of alkyl carbamates (subject to hydrolysis) is 2. The number of carbonyl (C=O) groups is 2. The Balaban J connectivity index is 0.000000202. The molecule has 0 aromatic heterocycles. The monoisotopic (exact) mass is 1900 g/mol. The predicted molar refractivity (Wildman–Crippen MR) is 484 cm³/mol. The van der Waals surface area contributed by atoms with E-state index in [2.05, 4.69) is 31.9 Å². The van der Waals surface area contributed by atoms with E-state index in [9.17, 15) is 100 Å². The molecule has 0 spiro atoms. The van der Waals surface area contributed by atoms with Crippen LogP contribution in [0.25, 0.3) is 0 Å². The average molecular weight is 1900 g/mol. The minimum atomic E-state index is -2.53. The van der Waals surface area contributed by atoms with Gasteiger partial charge >= 0.3 is 12.2 Å². The predicted octanol–water partition coefficient (Wildman–Crippen LogP) is 19.6. The molecule has 10 atom stereocenters. The fourth-order valence-corrected chi connectivity index (χ4v) is 15.7. The van der Waals surface area contributed by atoms with Crippen LogP contribution < -0.4 is 43.4 Å². The summed E-state index contributed by atoms with van der Waals surface area (Å²) in [5.41, 5.74) is 8.32. The molecule has 134 heavy (non-hydrogen) atoms. The lowest BCUT2D eigenvalue weighted by atomic mass is 9.83. The van der Waals surface area contributed by atoms with Crippen LogP contribution in [-0.2, 0) is 68.1 Å². The molecule has 14 N–H and O–H groups in total. The maximum absolute atomic E-state index is 14.6. The molecule has 4 aliphatic carbocycles. The molecule has 4 fully saturated rings. The minimum Gasteiger partial charge on any atom is -0.444 e. The van der Waals surface area contributed by atoms with Gasteiger partial charge in [0.1, 0.15) is 69.1 Å². The van der Waals surface area contributed by atoms with Crippen molar-refractivity contribution in [1.82, 2.24) is 31.9 Å². The third-order valence-electron chi connectivity index (χ3n) is 24.5. The fraction of sp³-hybridized carbons (Fsp3) is 0.510. The van der Waals surface area contributed by atoms with Crippen LogP contribution in [0.5, 0.6) is 0 Å². The Morgan fingerprint density at radius 1 is 0.343 bits per heavy atom. The lowest BCUT2D eigenvalue weighted by Gasteiger charge is -2.29. The van der Waals surface area contributed by atoms with Crippen molar-refractivity contribution in [2.24, 2.45) is 11.5 Å². The highest BCUT2D eigenvalue weighted by molar-refractivity contribution is 5.69. The van der Waals surface area contributed by atoms with E-state index >= 15 is 0 Å². The number of rotatable bonds is 38. The van der Waals surface area contributed by atoms with Crippen LogP contribution in [0.2, 0.25) is 0 Å². The molecule has 8 aromatic rings. The fourth-order valence-electron chi connectivity index (χ4n) is 15.7. The smallest absolute Gasteiger partial charge is 0.407 e. The summed E-state index contributed by atoms with van der Waals surface area (Å²) in [7, 11) is 0. The third-order valence-corrected chi connectivity index (χ3v) is 24.5. The first-order valence-electron chi connectivity index (χ1n) is 44.9. The normalized spacial score (nSPS) is 17.7. The molecule has 0 radical (unpaired) electrons. The molecular weight excluding hydrogens is 1770 g/mol. The highest BCUT2D eigenvalue weighted by atomic mass is 19.3. The zero-order valence-electron chi connectivity index (χ0n) is 78.0. The Hall–Kier alpha value is -9.22. The molecule has 0 aliphatic heterocycles. The van der Waals surface area contributed by atoms with E-state index in [1.807, 2.05) is 24.3 Å². The van der Waals surface area contributed by atoms with Gasteiger partial charge in [0.15, 0.2) is 12.3 Å². The molecule has 10 unspecified atom stereocenters. The summed E-state index contributed by atoms with van der Waals surface area (Å²) in [6, 6.07) is 36.8. The lowest BCUT2D eigenvalue weighted by Crippen LogP contribution is -2.51. The number of hydrogen-bond acceptors (Lipinski definition) is 14. The SMILES string of the molecule is CC(C)(C)OC(=O)NC(Cc1cc(F)cc(F)c1)C(O)CNC1(c2cccc(C(C)(C)C(F)F)c2)CC1.CC(C)(C)OC(=O)NC(Cc1cc(F)cc(F)c1)C(O)CNC1(c2cccc(C(F)C(C)(C)F)c2)CC1.CC(C)(F)C(F)c1cccc(C2(NCC(O)C(N)Cc3cc(F)cc(F)c3)CC2)c1.CC(C)(c1cccc(C2(NCC(O)C(N)Cc3cc(F)cc(F)c3)CC2)c1)C(F)F. The zero-order valence-corrected chi connectivity index (χ0v) is 78.0. The summed E-state index contributed by atoms with van der Waals surface area (Å²) >= 11 is 0. The number of carbonyl (C=O) groups excluding carboxylic acids is 2. The summed E-state index contributed by atoms with van der Waals surface area (Å²) in [4.78, 5) is 24.9. The first-order valence-corrected chi connectivity index (χ1v) is 44.9. The molecule has 8 aromatic carbocycles. The molecular formula is C102H128F16N8O8. The summed E-state index contributed by atoms with van der Waals surface area (Å²) in [5.74, 6) is -5.81. The van der Waals surface area contributed by atoms with Crippen LogP contribution in [-0.4, -0.2) is 143 Å². The highest BCUT2D eigenvalue weighted by Crippen LogP contribution is 2.51. The van der Waals surface area contributed by atoms with Gasteiger partial charge in [-0.05, 0) is 262 Å². The Morgan fingerprint density at radius 2 is 0.575 bits per heavy atom. The van der Waals surface area contributed by atoms with Crippen molar-refractivity contribution < 1.29 is 110 Å². The zero-order chi connectivity index (χ0) is 99.4. The van der Waals surface area contributed by atoms with Crippen molar-refractivity contribution >= 4 is 12.2 Å². The number of ether oxygens (including phenoxy) is 2. The van der Waals surface area contributed by atoms with Gasteiger partial charge in [-0.3, -0.25) is 0 Å². The van der Waals surface area contributed by atoms with Crippen molar-refractivity contribution in [1.29, 1.82) is 0 Å². The van der Waals surface area contributed by atoms with E-state index in [-0.39, 0.29) is 79.7 Å². The Labute approximate surface area is 774 Å².